The highest BCUT2D eigenvalue weighted by molar-refractivity contribution is 6.32. The first-order valence-electron chi connectivity index (χ1n) is 8.01. The van der Waals surface area contributed by atoms with Crippen LogP contribution in [-0.2, 0) is 0 Å². The number of carbonyl (C=O) groups is 1. The van der Waals surface area contributed by atoms with Crippen molar-refractivity contribution in [2.45, 2.75) is 26.7 Å². The van der Waals surface area contributed by atoms with Crippen LogP contribution in [0.1, 0.15) is 37.0 Å². The highest BCUT2D eigenvalue weighted by Gasteiger charge is 2.16. The third-order valence-corrected chi connectivity index (χ3v) is 3.37. The van der Waals surface area contributed by atoms with Gasteiger partial charge >= 0.3 is 0 Å². The third-order valence-electron chi connectivity index (χ3n) is 3.09. The number of rotatable bonds is 10. The lowest BCUT2D eigenvalue weighted by Gasteiger charge is -2.15. The van der Waals surface area contributed by atoms with Crippen molar-refractivity contribution in [2.24, 2.45) is 0 Å². The molecule has 6 heteroatoms. The van der Waals surface area contributed by atoms with Gasteiger partial charge in [-0.2, -0.15) is 0 Å². The van der Waals surface area contributed by atoms with Gasteiger partial charge in [0.05, 0.1) is 18.2 Å². The zero-order valence-electron chi connectivity index (χ0n) is 14.4. The van der Waals surface area contributed by atoms with Crippen molar-refractivity contribution in [3.8, 4) is 11.5 Å². The Morgan fingerprint density at radius 2 is 2.00 bits per heavy atom. The van der Waals surface area contributed by atoms with Crippen LogP contribution in [0.3, 0.4) is 0 Å². The molecule has 1 rings (SSSR count). The summed E-state index contributed by atoms with van der Waals surface area (Å²) < 4.78 is 11.2. The highest BCUT2D eigenvalue weighted by atomic mass is 35.5. The van der Waals surface area contributed by atoms with Gasteiger partial charge in [-0.05, 0) is 52.5 Å². The number of hydrogen-bond donors (Lipinski definition) is 1. The standard InChI is InChI=1S/C17H27ClN2O3/c1-5-10-23-16-14(18)11-13(12-15(16)22-6-2)17(21)19-8-7-9-20(3)4/h11-12H,5-10H2,1-4H3,(H,19,21). The lowest BCUT2D eigenvalue weighted by Crippen LogP contribution is -2.27. The van der Waals surface area contributed by atoms with E-state index in [4.69, 9.17) is 21.1 Å². The van der Waals surface area contributed by atoms with Crippen LogP contribution in [0, 0.1) is 0 Å². The van der Waals surface area contributed by atoms with E-state index in [0.29, 0.717) is 41.8 Å². The average molecular weight is 343 g/mol. The van der Waals surface area contributed by atoms with Gasteiger partial charge in [0, 0.05) is 12.1 Å². The van der Waals surface area contributed by atoms with Crippen LogP contribution in [0.2, 0.25) is 5.02 Å². The quantitative estimate of drug-likeness (QED) is 0.663. The molecule has 1 amide bonds. The molecular weight excluding hydrogens is 316 g/mol. The Morgan fingerprint density at radius 3 is 2.61 bits per heavy atom. The summed E-state index contributed by atoms with van der Waals surface area (Å²) in [5.41, 5.74) is 0.479. The zero-order chi connectivity index (χ0) is 17.2. The van der Waals surface area contributed by atoms with Crippen LogP contribution in [0.4, 0.5) is 0 Å². The molecule has 23 heavy (non-hydrogen) atoms. The summed E-state index contributed by atoms with van der Waals surface area (Å²) in [5, 5.41) is 3.28. The molecule has 1 aromatic carbocycles. The first-order chi connectivity index (χ1) is 11.0. The first-order valence-corrected chi connectivity index (χ1v) is 8.39. The normalized spacial score (nSPS) is 10.7. The molecule has 0 fully saturated rings. The Kier molecular flexibility index (Phi) is 8.81. The Labute approximate surface area is 143 Å². The summed E-state index contributed by atoms with van der Waals surface area (Å²) in [6.45, 7) is 6.47. The summed E-state index contributed by atoms with van der Waals surface area (Å²) >= 11 is 6.26. The van der Waals surface area contributed by atoms with Gasteiger partial charge in [0.15, 0.2) is 11.5 Å². The van der Waals surface area contributed by atoms with Crippen LogP contribution in [0.25, 0.3) is 0 Å². The van der Waals surface area contributed by atoms with Gasteiger partial charge < -0.3 is 19.7 Å². The van der Waals surface area contributed by atoms with Crippen molar-refractivity contribution in [2.75, 3.05) is 40.4 Å². The number of halogens is 1. The summed E-state index contributed by atoms with van der Waals surface area (Å²) in [4.78, 5) is 14.3. The smallest absolute Gasteiger partial charge is 0.251 e. The van der Waals surface area contributed by atoms with Crippen molar-refractivity contribution < 1.29 is 14.3 Å². The lowest BCUT2D eigenvalue weighted by atomic mass is 10.2. The maximum Gasteiger partial charge on any atom is 0.251 e. The zero-order valence-corrected chi connectivity index (χ0v) is 15.2. The summed E-state index contributed by atoms with van der Waals surface area (Å²) in [5.74, 6) is 0.847. The monoisotopic (exact) mass is 342 g/mol. The molecule has 0 saturated carbocycles. The molecule has 130 valence electrons. The molecule has 0 spiro atoms. The molecule has 1 aromatic rings. The number of amides is 1. The molecule has 0 saturated heterocycles. The summed E-state index contributed by atoms with van der Waals surface area (Å²) in [6.07, 6.45) is 1.76. The minimum atomic E-state index is -0.159. The molecule has 0 bridgehead atoms. The predicted octanol–water partition coefficient (Wildman–Crippen LogP) is 3.21. The summed E-state index contributed by atoms with van der Waals surface area (Å²) in [7, 11) is 4.01. The van der Waals surface area contributed by atoms with Gasteiger partial charge in [0.2, 0.25) is 0 Å². The Hall–Kier alpha value is -1.46. The number of hydrogen-bond acceptors (Lipinski definition) is 4. The van der Waals surface area contributed by atoms with E-state index in [1.165, 1.54) is 0 Å². The van der Waals surface area contributed by atoms with Crippen molar-refractivity contribution in [1.29, 1.82) is 0 Å². The van der Waals surface area contributed by atoms with Crippen LogP contribution >= 0.6 is 11.6 Å². The van der Waals surface area contributed by atoms with Gasteiger partial charge in [0.25, 0.3) is 5.91 Å². The van der Waals surface area contributed by atoms with E-state index >= 15 is 0 Å². The van der Waals surface area contributed by atoms with E-state index in [0.717, 1.165) is 19.4 Å². The molecule has 0 aliphatic heterocycles. The molecule has 0 aromatic heterocycles. The van der Waals surface area contributed by atoms with Gasteiger partial charge in [-0.3, -0.25) is 4.79 Å². The number of benzene rings is 1. The molecule has 0 radical (unpaired) electrons. The minimum absolute atomic E-state index is 0.159. The lowest BCUT2D eigenvalue weighted by molar-refractivity contribution is 0.0951. The van der Waals surface area contributed by atoms with E-state index in [1.807, 2.05) is 27.9 Å². The van der Waals surface area contributed by atoms with Crippen molar-refractivity contribution in [1.82, 2.24) is 10.2 Å². The highest BCUT2D eigenvalue weighted by Crippen LogP contribution is 2.36. The molecule has 0 atom stereocenters. The number of carbonyl (C=O) groups excluding carboxylic acids is 1. The number of nitrogens with zero attached hydrogens (tertiary/aromatic N) is 1. The molecule has 0 aliphatic rings. The number of nitrogens with one attached hydrogen (secondary N) is 1. The second kappa shape index (κ2) is 10.3. The molecule has 0 heterocycles. The molecule has 0 aliphatic carbocycles. The largest absolute Gasteiger partial charge is 0.490 e. The molecule has 1 N–H and O–H groups in total. The topological polar surface area (TPSA) is 50.8 Å². The third kappa shape index (κ3) is 6.67. The molecule has 0 unspecified atom stereocenters. The van der Waals surface area contributed by atoms with E-state index in [9.17, 15) is 4.79 Å². The Morgan fingerprint density at radius 1 is 1.26 bits per heavy atom. The average Bonchev–Trinajstić information content (AvgIpc) is 2.50. The number of ether oxygens (including phenoxy) is 2. The fourth-order valence-corrected chi connectivity index (χ4v) is 2.27. The Bertz CT molecular complexity index is 507. The predicted molar refractivity (Wildman–Crippen MR) is 93.9 cm³/mol. The van der Waals surface area contributed by atoms with Crippen LogP contribution in [0.5, 0.6) is 11.5 Å². The molecular formula is C17H27ClN2O3. The van der Waals surface area contributed by atoms with Crippen LogP contribution < -0.4 is 14.8 Å². The fourth-order valence-electron chi connectivity index (χ4n) is 2.01. The fraction of sp³-hybridized carbons (Fsp3) is 0.588. The van der Waals surface area contributed by atoms with E-state index in [2.05, 4.69) is 10.2 Å². The second-order valence-electron chi connectivity index (χ2n) is 5.48. The minimum Gasteiger partial charge on any atom is -0.490 e. The van der Waals surface area contributed by atoms with Crippen LogP contribution in [0.15, 0.2) is 12.1 Å². The maximum absolute atomic E-state index is 12.2. The van der Waals surface area contributed by atoms with Gasteiger partial charge in [0.1, 0.15) is 0 Å². The van der Waals surface area contributed by atoms with Crippen molar-refractivity contribution in [3.05, 3.63) is 22.7 Å². The van der Waals surface area contributed by atoms with Gasteiger partial charge in [-0.15, -0.1) is 0 Å². The van der Waals surface area contributed by atoms with E-state index < -0.39 is 0 Å². The van der Waals surface area contributed by atoms with Crippen LogP contribution in [-0.4, -0.2) is 51.2 Å². The molecule has 5 nitrogen and oxygen atoms in total. The first kappa shape index (κ1) is 19.6. The Balaban J connectivity index is 2.80. The van der Waals surface area contributed by atoms with Gasteiger partial charge in [-0.25, -0.2) is 0 Å². The van der Waals surface area contributed by atoms with Crippen molar-refractivity contribution >= 4 is 17.5 Å². The maximum atomic E-state index is 12.2. The van der Waals surface area contributed by atoms with E-state index in [-0.39, 0.29) is 5.91 Å². The van der Waals surface area contributed by atoms with Crippen molar-refractivity contribution in [3.63, 3.8) is 0 Å². The second-order valence-corrected chi connectivity index (χ2v) is 5.89. The van der Waals surface area contributed by atoms with Gasteiger partial charge in [-0.1, -0.05) is 18.5 Å². The summed E-state index contributed by atoms with van der Waals surface area (Å²) in [6, 6.07) is 3.30. The SMILES string of the molecule is CCCOc1c(Cl)cc(C(=O)NCCCN(C)C)cc1OCC. The van der Waals surface area contributed by atoms with E-state index in [1.54, 1.807) is 12.1 Å².